The first-order valence-electron chi connectivity index (χ1n) is 6.99. The van der Waals surface area contributed by atoms with Crippen LogP contribution in [-0.4, -0.2) is 47.1 Å². The van der Waals surface area contributed by atoms with Crippen LogP contribution in [-0.2, 0) is 9.59 Å². The monoisotopic (exact) mass is 270 g/mol. The molecule has 0 bridgehead atoms. The number of hydrogen-bond donors (Lipinski definition) is 2. The molecular weight excluding hydrogens is 244 g/mol. The van der Waals surface area contributed by atoms with Crippen LogP contribution in [0.2, 0.25) is 0 Å². The summed E-state index contributed by atoms with van der Waals surface area (Å²) in [6.45, 7) is 8.68. The first-order valence-corrected chi connectivity index (χ1v) is 6.99. The third-order valence-electron chi connectivity index (χ3n) is 3.37. The molecule has 1 heterocycles. The average molecular weight is 270 g/mol. The number of likely N-dealkylation sites (tertiary alicyclic amines) is 1. The van der Waals surface area contributed by atoms with Gasteiger partial charge in [-0.05, 0) is 26.7 Å². The molecule has 2 N–H and O–H groups in total. The van der Waals surface area contributed by atoms with Gasteiger partial charge in [0.05, 0.1) is 5.60 Å². The number of nitrogens with one attached hydrogen (secondary N) is 1. The Balaban J connectivity index is 2.37. The fourth-order valence-electron chi connectivity index (χ4n) is 2.17. The maximum atomic E-state index is 11.9. The van der Waals surface area contributed by atoms with Gasteiger partial charge in [0.1, 0.15) is 0 Å². The summed E-state index contributed by atoms with van der Waals surface area (Å²) in [5.41, 5.74) is -0.885. The highest BCUT2D eigenvalue weighted by Gasteiger charge is 2.28. The molecule has 0 aliphatic carbocycles. The number of carbonyl (C=O) groups excluding carboxylic acids is 2. The van der Waals surface area contributed by atoms with Gasteiger partial charge in [0.15, 0.2) is 0 Å². The zero-order valence-corrected chi connectivity index (χ0v) is 12.4. The van der Waals surface area contributed by atoms with Gasteiger partial charge < -0.3 is 15.3 Å². The van der Waals surface area contributed by atoms with Gasteiger partial charge in [-0.2, -0.15) is 0 Å². The fourth-order valence-corrected chi connectivity index (χ4v) is 2.17. The minimum absolute atomic E-state index is 0.0144. The van der Waals surface area contributed by atoms with E-state index in [1.807, 2.05) is 18.7 Å². The summed E-state index contributed by atoms with van der Waals surface area (Å²) >= 11 is 0. The Morgan fingerprint density at radius 2 is 1.84 bits per heavy atom. The standard InChI is InChI=1S/C14H26N2O3/c1-10(2)13(18)16-7-5-11(6-8-16)12(17)15-9-14(3,4)19/h10-11,19H,5-9H2,1-4H3,(H,15,17). The van der Waals surface area contributed by atoms with Crippen molar-refractivity contribution >= 4 is 11.8 Å². The zero-order valence-electron chi connectivity index (χ0n) is 12.4. The summed E-state index contributed by atoms with van der Waals surface area (Å²) in [5, 5.41) is 12.3. The van der Waals surface area contributed by atoms with Gasteiger partial charge in [0.25, 0.3) is 0 Å². The minimum atomic E-state index is -0.885. The molecule has 110 valence electrons. The smallest absolute Gasteiger partial charge is 0.225 e. The maximum absolute atomic E-state index is 11.9. The molecule has 1 rings (SSSR count). The summed E-state index contributed by atoms with van der Waals surface area (Å²) in [7, 11) is 0. The molecule has 1 aliphatic rings. The van der Waals surface area contributed by atoms with Crippen molar-refractivity contribution in [2.45, 2.75) is 46.1 Å². The van der Waals surface area contributed by atoms with Gasteiger partial charge in [-0.15, -0.1) is 0 Å². The Bertz CT molecular complexity index is 326. The van der Waals surface area contributed by atoms with Gasteiger partial charge >= 0.3 is 0 Å². The van der Waals surface area contributed by atoms with Crippen LogP contribution in [0.15, 0.2) is 0 Å². The molecule has 0 atom stereocenters. The third kappa shape index (κ3) is 5.19. The van der Waals surface area contributed by atoms with E-state index in [0.29, 0.717) is 25.9 Å². The Kier molecular flexibility index (Phi) is 5.35. The van der Waals surface area contributed by atoms with E-state index in [4.69, 9.17) is 0 Å². The van der Waals surface area contributed by atoms with Gasteiger partial charge in [0, 0.05) is 31.5 Å². The van der Waals surface area contributed by atoms with Crippen LogP contribution in [0.25, 0.3) is 0 Å². The Morgan fingerprint density at radius 3 is 2.26 bits per heavy atom. The van der Waals surface area contributed by atoms with E-state index in [2.05, 4.69) is 5.32 Å². The predicted molar refractivity (Wildman–Crippen MR) is 73.4 cm³/mol. The van der Waals surface area contributed by atoms with Gasteiger partial charge in [-0.1, -0.05) is 13.8 Å². The van der Waals surface area contributed by atoms with E-state index in [9.17, 15) is 14.7 Å². The van der Waals surface area contributed by atoms with Crippen LogP contribution < -0.4 is 5.32 Å². The number of nitrogens with zero attached hydrogens (tertiary/aromatic N) is 1. The van der Waals surface area contributed by atoms with Gasteiger partial charge in [0.2, 0.25) is 11.8 Å². The molecule has 5 heteroatoms. The highest BCUT2D eigenvalue weighted by molar-refractivity contribution is 5.80. The first kappa shape index (κ1) is 16.0. The van der Waals surface area contributed by atoms with Gasteiger partial charge in [-0.25, -0.2) is 0 Å². The zero-order chi connectivity index (χ0) is 14.6. The molecule has 1 fully saturated rings. The molecule has 1 saturated heterocycles. The molecule has 0 unspecified atom stereocenters. The molecule has 2 amide bonds. The minimum Gasteiger partial charge on any atom is -0.389 e. The van der Waals surface area contributed by atoms with Crippen LogP contribution in [0.5, 0.6) is 0 Å². The molecule has 0 radical (unpaired) electrons. The number of amides is 2. The van der Waals surface area contributed by atoms with Crippen molar-refractivity contribution in [3.05, 3.63) is 0 Å². The molecule has 0 aromatic carbocycles. The number of carbonyl (C=O) groups is 2. The maximum Gasteiger partial charge on any atom is 0.225 e. The van der Waals surface area contributed by atoms with E-state index in [0.717, 1.165) is 0 Å². The predicted octanol–water partition coefficient (Wildman–Crippen LogP) is 0.768. The topological polar surface area (TPSA) is 69.6 Å². The summed E-state index contributed by atoms with van der Waals surface area (Å²) < 4.78 is 0. The molecule has 0 spiro atoms. The van der Waals surface area contributed by atoms with Crippen molar-refractivity contribution in [2.24, 2.45) is 11.8 Å². The Labute approximate surface area is 115 Å². The summed E-state index contributed by atoms with van der Waals surface area (Å²) in [6.07, 6.45) is 1.41. The van der Waals surface area contributed by atoms with Crippen LogP contribution in [0.3, 0.4) is 0 Å². The summed E-state index contributed by atoms with van der Waals surface area (Å²) in [5.74, 6) is 0.119. The van der Waals surface area contributed by atoms with E-state index >= 15 is 0 Å². The SMILES string of the molecule is CC(C)C(=O)N1CCC(C(=O)NCC(C)(C)O)CC1. The van der Waals surface area contributed by atoms with Crippen molar-refractivity contribution in [1.82, 2.24) is 10.2 Å². The largest absolute Gasteiger partial charge is 0.389 e. The average Bonchev–Trinajstić information content (AvgIpc) is 2.34. The highest BCUT2D eigenvalue weighted by atomic mass is 16.3. The van der Waals surface area contributed by atoms with Crippen LogP contribution >= 0.6 is 0 Å². The lowest BCUT2D eigenvalue weighted by Crippen LogP contribution is -2.46. The van der Waals surface area contributed by atoms with Crippen molar-refractivity contribution < 1.29 is 14.7 Å². The lowest BCUT2D eigenvalue weighted by atomic mass is 9.95. The van der Waals surface area contributed by atoms with Gasteiger partial charge in [-0.3, -0.25) is 9.59 Å². The normalized spacial score (nSPS) is 17.7. The second kappa shape index (κ2) is 6.37. The molecule has 5 nitrogen and oxygen atoms in total. The Hall–Kier alpha value is -1.10. The lowest BCUT2D eigenvalue weighted by molar-refractivity contribution is -0.138. The van der Waals surface area contributed by atoms with Crippen molar-refractivity contribution in [3.8, 4) is 0 Å². The van der Waals surface area contributed by atoms with Crippen molar-refractivity contribution in [1.29, 1.82) is 0 Å². The quantitative estimate of drug-likeness (QED) is 0.792. The number of aliphatic hydroxyl groups is 1. The molecule has 0 saturated carbocycles. The lowest BCUT2D eigenvalue weighted by Gasteiger charge is -2.32. The van der Waals surface area contributed by atoms with E-state index in [1.54, 1.807) is 13.8 Å². The highest BCUT2D eigenvalue weighted by Crippen LogP contribution is 2.19. The molecule has 19 heavy (non-hydrogen) atoms. The van der Waals surface area contributed by atoms with Crippen molar-refractivity contribution in [2.75, 3.05) is 19.6 Å². The second-order valence-corrected chi connectivity index (χ2v) is 6.28. The molecule has 0 aromatic heterocycles. The van der Waals surface area contributed by atoms with E-state index in [1.165, 1.54) is 0 Å². The van der Waals surface area contributed by atoms with Crippen LogP contribution in [0.4, 0.5) is 0 Å². The van der Waals surface area contributed by atoms with Crippen molar-refractivity contribution in [3.63, 3.8) is 0 Å². The Morgan fingerprint density at radius 1 is 1.32 bits per heavy atom. The second-order valence-electron chi connectivity index (χ2n) is 6.28. The number of piperidine rings is 1. The van der Waals surface area contributed by atoms with Crippen LogP contribution in [0, 0.1) is 11.8 Å². The molecule has 0 aromatic rings. The fraction of sp³-hybridized carbons (Fsp3) is 0.857. The molecular formula is C14H26N2O3. The summed E-state index contributed by atoms with van der Waals surface area (Å²) in [6, 6.07) is 0. The van der Waals surface area contributed by atoms with Crippen LogP contribution in [0.1, 0.15) is 40.5 Å². The van der Waals surface area contributed by atoms with E-state index in [-0.39, 0.29) is 30.2 Å². The van der Waals surface area contributed by atoms with E-state index < -0.39 is 5.60 Å². The first-order chi connectivity index (χ1) is 8.70. The number of rotatable bonds is 4. The summed E-state index contributed by atoms with van der Waals surface area (Å²) in [4.78, 5) is 25.6. The third-order valence-corrected chi connectivity index (χ3v) is 3.37. The number of hydrogen-bond acceptors (Lipinski definition) is 3. The molecule has 1 aliphatic heterocycles.